The third-order valence-electron chi connectivity index (χ3n) is 4.42. The minimum Gasteiger partial charge on any atom is -0.321 e. The van der Waals surface area contributed by atoms with E-state index in [1.54, 1.807) is 30.4 Å². The molecule has 0 aliphatic rings. The number of halogens is 1. The van der Waals surface area contributed by atoms with E-state index < -0.39 is 0 Å². The van der Waals surface area contributed by atoms with Crippen molar-refractivity contribution in [2.45, 2.75) is 29.9 Å². The van der Waals surface area contributed by atoms with Gasteiger partial charge in [-0.05, 0) is 73.1 Å². The topological polar surface area (TPSA) is 58.1 Å². The maximum atomic E-state index is 12.7. The summed E-state index contributed by atoms with van der Waals surface area (Å²) in [5.41, 5.74) is 2.73. The average molecular weight is 413 g/mol. The molecule has 1 unspecified atom stereocenters. The molecule has 0 radical (unpaired) electrons. The van der Waals surface area contributed by atoms with Gasteiger partial charge in [0.1, 0.15) is 0 Å². The monoisotopic (exact) mass is 412 g/mol. The zero-order valence-electron chi connectivity index (χ0n) is 15.9. The Labute approximate surface area is 174 Å². The second kappa shape index (κ2) is 9.08. The summed E-state index contributed by atoms with van der Waals surface area (Å²) in [5.74, 6) is 0. The summed E-state index contributed by atoms with van der Waals surface area (Å²) in [6, 6.07) is 14.9. The molecule has 3 rings (SSSR count). The Hall–Kier alpha value is -2.57. The SMILES string of the molecule is Cc1cc(Sc2ncccn2)ccc1NC(=O)N(C)C(C)c1cccc(Cl)c1. The molecule has 1 atom stereocenters. The van der Waals surface area contributed by atoms with Crippen molar-refractivity contribution in [1.82, 2.24) is 14.9 Å². The Bertz CT molecular complexity index is 968. The number of amides is 2. The number of rotatable bonds is 5. The van der Waals surface area contributed by atoms with Crippen LogP contribution < -0.4 is 5.32 Å². The molecule has 1 N–H and O–H groups in total. The normalized spacial score (nSPS) is 11.7. The van der Waals surface area contributed by atoms with Crippen LogP contribution in [0.4, 0.5) is 10.5 Å². The molecule has 28 heavy (non-hydrogen) atoms. The van der Waals surface area contributed by atoms with Gasteiger partial charge in [0.05, 0.1) is 6.04 Å². The van der Waals surface area contributed by atoms with Crippen LogP contribution in [-0.4, -0.2) is 27.9 Å². The van der Waals surface area contributed by atoms with E-state index in [0.29, 0.717) is 10.2 Å². The Morgan fingerprint density at radius 3 is 2.57 bits per heavy atom. The number of nitrogens with zero attached hydrogens (tertiary/aromatic N) is 3. The fourth-order valence-electron chi connectivity index (χ4n) is 2.65. The molecule has 0 spiro atoms. The molecule has 2 aromatic carbocycles. The number of carbonyl (C=O) groups is 1. The Morgan fingerprint density at radius 1 is 1.14 bits per heavy atom. The number of carbonyl (C=O) groups excluding carboxylic acids is 1. The van der Waals surface area contributed by atoms with E-state index in [1.165, 1.54) is 11.8 Å². The number of anilines is 1. The van der Waals surface area contributed by atoms with E-state index in [-0.39, 0.29) is 12.1 Å². The quantitative estimate of drug-likeness (QED) is 0.537. The van der Waals surface area contributed by atoms with Gasteiger partial charge in [-0.2, -0.15) is 0 Å². The van der Waals surface area contributed by atoms with Crippen LogP contribution in [0, 0.1) is 6.92 Å². The summed E-state index contributed by atoms with van der Waals surface area (Å²) in [6.07, 6.45) is 3.43. The van der Waals surface area contributed by atoms with Gasteiger partial charge in [0.25, 0.3) is 0 Å². The molecule has 0 fully saturated rings. The lowest BCUT2D eigenvalue weighted by molar-refractivity contribution is 0.208. The van der Waals surface area contributed by atoms with Crippen molar-refractivity contribution >= 4 is 35.1 Å². The third-order valence-corrected chi connectivity index (χ3v) is 5.54. The molecular formula is C21H21ClN4OS. The van der Waals surface area contributed by atoms with Crippen molar-refractivity contribution in [3.63, 3.8) is 0 Å². The van der Waals surface area contributed by atoms with Gasteiger partial charge < -0.3 is 10.2 Å². The maximum Gasteiger partial charge on any atom is 0.322 e. The number of nitrogens with one attached hydrogen (secondary N) is 1. The Balaban J connectivity index is 1.68. The van der Waals surface area contributed by atoms with Gasteiger partial charge in [-0.3, -0.25) is 0 Å². The fraction of sp³-hybridized carbons (Fsp3) is 0.190. The Kier molecular flexibility index (Phi) is 6.54. The van der Waals surface area contributed by atoms with E-state index in [0.717, 1.165) is 21.7 Å². The minimum absolute atomic E-state index is 0.107. The predicted molar refractivity (Wildman–Crippen MR) is 114 cm³/mol. The second-order valence-corrected chi connectivity index (χ2v) is 7.86. The molecular weight excluding hydrogens is 392 g/mol. The van der Waals surface area contributed by atoms with Crippen LogP contribution in [0.3, 0.4) is 0 Å². The molecule has 0 saturated heterocycles. The summed E-state index contributed by atoms with van der Waals surface area (Å²) < 4.78 is 0. The van der Waals surface area contributed by atoms with Crippen molar-refractivity contribution in [1.29, 1.82) is 0 Å². The molecule has 144 valence electrons. The molecule has 3 aromatic rings. The first-order valence-corrected chi connectivity index (χ1v) is 9.98. The number of aromatic nitrogens is 2. The lowest BCUT2D eigenvalue weighted by Gasteiger charge is -2.26. The molecule has 1 heterocycles. The zero-order valence-corrected chi connectivity index (χ0v) is 17.5. The maximum absolute atomic E-state index is 12.7. The highest BCUT2D eigenvalue weighted by atomic mass is 35.5. The molecule has 0 saturated carbocycles. The smallest absolute Gasteiger partial charge is 0.321 e. The van der Waals surface area contributed by atoms with Gasteiger partial charge in [-0.1, -0.05) is 23.7 Å². The first kappa shape index (κ1) is 20.2. The predicted octanol–water partition coefficient (Wildman–Crippen LogP) is 5.81. The molecule has 1 aromatic heterocycles. The van der Waals surface area contributed by atoms with Crippen molar-refractivity contribution in [3.05, 3.63) is 77.1 Å². The largest absolute Gasteiger partial charge is 0.322 e. The molecule has 5 nitrogen and oxygen atoms in total. The highest BCUT2D eigenvalue weighted by Crippen LogP contribution is 2.28. The highest BCUT2D eigenvalue weighted by molar-refractivity contribution is 7.99. The van der Waals surface area contributed by atoms with E-state index in [2.05, 4.69) is 15.3 Å². The second-order valence-electron chi connectivity index (χ2n) is 6.38. The van der Waals surface area contributed by atoms with Gasteiger partial charge in [0.2, 0.25) is 0 Å². The van der Waals surface area contributed by atoms with Crippen LogP contribution in [0.15, 0.2) is 71.0 Å². The number of hydrogen-bond donors (Lipinski definition) is 1. The van der Waals surface area contributed by atoms with E-state index >= 15 is 0 Å². The molecule has 0 bridgehead atoms. The first-order valence-electron chi connectivity index (χ1n) is 8.79. The summed E-state index contributed by atoms with van der Waals surface area (Å²) in [4.78, 5) is 23.8. The van der Waals surface area contributed by atoms with Gasteiger partial charge in [-0.25, -0.2) is 14.8 Å². The fourth-order valence-corrected chi connectivity index (χ4v) is 3.66. The lowest BCUT2D eigenvalue weighted by atomic mass is 10.1. The number of aryl methyl sites for hydroxylation is 1. The van der Waals surface area contributed by atoms with Gasteiger partial charge >= 0.3 is 6.03 Å². The number of benzene rings is 2. The summed E-state index contributed by atoms with van der Waals surface area (Å²) in [5, 5.41) is 4.33. The van der Waals surface area contributed by atoms with E-state index in [9.17, 15) is 4.79 Å². The van der Waals surface area contributed by atoms with E-state index in [1.807, 2.05) is 56.3 Å². The van der Waals surface area contributed by atoms with Crippen molar-refractivity contribution in [2.75, 3.05) is 12.4 Å². The number of urea groups is 1. The molecule has 0 aliphatic heterocycles. The van der Waals surface area contributed by atoms with Gasteiger partial charge in [-0.15, -0.1) is 0 Å². The van der Waals surface area contributed by atoms with E-state index in [4.69, 9.17) is 11.6 Å². The van der Waals surface area contributed by atoms with Gasteiger partial charge in [0.15, 0.2) is 5.16 Å². The standard InChI is InChI=1S/C21H21ClN4OS/c1-14-12-18(28-20-23-10-5-11-24-20)8-9-19(14)25-21(27)26(3)15(2)16-6-4-7-17(22)13-16/h4-13,15H,1-3H3,(H,25,27). The van der Waals surface area contributed by atoms with Crippen LogP contribution in [-0.2, 0) is 0 Å². The summed E-state index contributed by atoms with van der Waals surface area (Å²) in [7, 11) is 1.77. The third kappa shape index (κ3) is 5.03. The van der Waals surface area contributed by atoms with Crippen LogP contribution in [0.1, 0.15) is 24.1 Å². The van der Waals surface area contributed by atoms with Crippen LogP contribution in [0.5, 0.6) is 0 Å². The molecule has 7 heteroatoms. The molecule has 0 aliphatic carbocycles. The van der Waals surface area contributed by atoms with Gasteiger partial charge in [0, 0.05) is 35.0 Å². The van der Waals surface area contributed by atoms with Crippen LogP contribution in [0.25, 0.3) is 0 Å². The summed E-state index contributed by atoms with van der Waals surface area (Å²) >= 11 is 7.55. The van der Waals surface area contributed by atoms with Crippen molar-refractivity contribution < 1.29 is 4.79 Å². The lowest BCUT2D eigenvalue weighted by Crippen LogP contribution is -2.33. The Morgan fingerprint density at radius 2 is 1.89 bits per heavy atom. The van der Waals surface area contributed by atoms with Crippen LogP contribution >= 0.6 is 23.4 Å². The van der Waals surface area contributed by atoms with Crippen LogP contribution in [0.2, 0.25) is 5.02 Å². The zero-order chi connectivity index (χ0) is 20.1. The summed E-state index contributed by atoms with van der Waals surface area (Å²) in [6.45, 7) is 3.93. The van der Waals surface area contributed by atoms with Crippen molar-refractivity contribution in [2.24, 2.45) is 0 Å². The molecule has 2 amide bonds. The highest BCUT2D eigenvalue weighted by Gasteiger charge is 2.18. The average Bonchev–Trinajstić information content (AvgIpc) is 2.69. The van der Waals surface area contributed by atoms with Crippen molar-refractivity contribution in [3.8, 4) is 0 Å². The number of hydrogen-bond acceptors (Lipinski definition) is 4. The minimum atomic E-state index is -0.178. The first-order chi connectivity index (χ1) is 13.4.